The average Bonchev–Trinajstić information content (AvgIpc) is 2.75. The number of aromatic hydroxyl groups is 1. The molecule has 0 aliphatic carbocycles. The molecule has 0 radical (unpaired) electrons. The van der Waals surface area contributed by atoms with E-state index in [-0.39, 0.29) is 17.3 Å². The Morgan fingerprint density at radius 2 is 1.95 bits per heavy atom. The molecule has 1 N–H and O–H groups in total. The molecule has 4 heteroatoms. The molecule has 2 aromatic carbocycles. The third kappa shape index (κ3) is 2.02. The third-order valence-electron chi connectivity index (χ3n) is 3.25. The molecule has 0 amide bonds. The normalized spacial score (nSPS) is 15.3. The number of halogens is 1. The predicted molar refractivity (Wildman–Crippen MR) is 79.9 cm³/mol. The largest absolute Gasteiger partial charge is 0.508 e. The van der Waals surface area contributed by atoms with Gasteiger partial charge in [-0.3, -0.25) is 4.79 Å². The van der Waals surface area contributed by atoms with Gasteiger partial charge in [-0.15, -0.1) is 0 Å². The van der Waals surface area contributed by atoms with E-state index in [1.165, 1.54) is 6.07 Å². The number of hydrogen-bond acceptors (Lipinski definition) is 3. The van der Waals surface area contributed by atoms with Crippen LogP contribution >= 0.6 is 15.9 Å². The third-order valence-corrected chi connectivity index (χ3v) is 3.97. The second-order valence-corrected chi connectivity index (χ2v) is 5.40. The van der Waals surface area contributed by atoms with Crippen molar-refractivity contribution in [2.45, 2.75) is 6.92 Å². The molecule has 20 heavy (non-hydrogen) atoms. The number of rotatable bonds is 1. The summed E-state index contributed by atoms with van der Waals surface area (Å²) in [5.74, 6) is 0.659. The highest BCUT2D eigenvalue weighted by atomic mass is 79.9. The van der Waals surface area contributed by atoms with Crippen LogP contribution < -0.4 is 4.74 Å². The summed E-state index contributed by atoms with van der Waals surface area (Å²) in [7, 11) is 0. The van der Waals surface area contributed by atoms with Gasteiger partial charge < -0.3 is 9.84 Å². The number of ketones is 1. The summed E-state index contributed by atoms with van der Waals surface area (Å²) in [6.07, 6.45) is 1.70. The van der Waals surface area contributed by atoms with Crippen LogP contribution in [0.4, 0.5) is 0 Å². The monoisotopic (exact) mass is 330 g/mol. The number of carbonyl (C=O) groups is 1. The van der Waals surface area contributed by atoms with Gasteiger partial charge in [-0.2, -0.15) is 0 Å². The quantitative estimate of drug-likeness (QED) is 0.801. The molecule has 100 valence electrons. The number of hydrogen-bond donors (Lipinski definition) is 1. The van der Waals surface area contributed by atoms with Gasteiger partial charge in [-0.05, 0) is 36.8 Å². The van der Waals surface area contributed by atoms with Crippen LogP contribution in [0.25, 0.3) is 6.08 Å². The summed E-state index contributed by atoms with van der Waals surface area (Å²) >= 11 is 3.43. The van der Waals surface area contributed by atoms with E-state index in [1.54, 1.807) is 19.1 Å². The van der Waals surface area contributed by atoms with E-state index in [0.717, 1.165) is 10.0 Å². The molecule has 0 bridgehead atoms. The number of benzene rings is 2. The van der Waals surface area contributed by atoms with Gasteiger partial charge in [0, 0.05) is 10.0 Å². The minimum Gasteiger partial charge on any atom is -0.508 e. The standard InChI is InChI=1S/C16H11BrO3/c1-9-13(18)7-6-11-15(19)14(20-16(9)11)8-10-4-2-3-5-12(10)17/h2-8,18H,1H3/b14-8-. The van der Waals surface area contributed by atoms with Gasteiger partial charge in [0.1, 0.15) is 11.5 Å². The van der Waals surface area contributed by atoms with E-state index in [9.17, 15) is 9.90 Å². The van der Waals surface area contributed by atoms with Crippen molar-refractivity contribution in [3.05, 3.63) is 63.3 Å². The second kappa shape index (κ2) is 4.80. The van der Waals surface area contributed by atoms with E-state index < -0.39 is 0 Å². The van der Waals surface area contributed by atoms with Gasteiger partial charge in [0.05, 0.1) is 5.56 Å². The van der Waals surface area contributed by atoms with Gasteiger partial charge in [0.25, 0.3) is 0 Å². The van der Waals surface area contributed by atoms with Crippen LogP contribution in [-0.4, -0.2) is 10.9 Å². The predicted octanol–water partition coefficient (Wildman–Crippen LogP) is 4.08. The number of ether oxygens (including phenoxy) is 1. The summed E-state index contributed by atoms with van der Waals surface area (Å²) < 4.78 is 6.51. The van der Waals surface area contributed by atoms with E-state index in [0.29, 0.717) is 16.9 Å². The Labute approximate surface area is 124 Å². The van der Waals surface area contributed by atoms with Crippen molar-refractivity contribution in [3.8, 4) is 11.5 Å². The molecule has 3 nitrogen and oxygen atoms in total. The highest BCUT2D eigenvalue weighted by Crippen LogP contribution is 2.38. The first-order valence-corrected chi connectivity index (χ1v) is 6.88. The van der Waals surface area contributed by atoms with Crippen LogP contribution in [0, 0.1) is 6.92 Å². The van der Waals surface area contributed by atoms with Crippen molar-refractivity contribution < 1.29 is 14.6 Å². The van der Waals surface area contributed by atoms with Crippen molar-refractivity contribution in [1.29, 1.82) is 0 Å². The maximum atomic E-state index is 12.3. The molecule has 1 heterocycles. The molecule has 3 rings (SSSR count). The Bertz CT molecular complexity index is 747. The summed E-state index contributed by atoms with van der Waals surface area (Å²) in [5.41, 5.74) is 1.93. The molecule has 1 aliphatic rings. The zero-order valence-corrected chi connectivity index (χ0v) is 12.3. The van der Waals surface area contributed by atoms with Crippen molar-refractivity contribution in [1.82, 2.24) is 0 Å². The van der Waals surface area contributed by atoms with Crippen LogP contribution in [0.1, 0.15) is 21.5 Å². The molecule has 0 spiro atoms. The smallest absolute Gasteiger partial charge is 0.231 e. The number of allylic oxidation sites excluding steroid dienone is 1. The second-order valence-electron chi connectivity index (χ2n) is 4.55. The maximum Gasteiger partial charge on any atom is 0.231 e. The molecule has 0 saturated heterocycles. The van der Waals surface area contributed by atoms with E-state index in [4.69, 9.17) is 4.74 Å². The lowest BCUT2D eigenvalue weighted by Gasteiger charge is -2.04. The lowest BCUT2D eigenvalue weighted by molar-refractivity contribution is 0.101. The molecule has 0 atom stereocenters. The summed E-state index contributed by atoms with van der Waals surface area (Å²) in [4.78, 5) is 12.3. The van der Waals surface area contributed by atoms with Crippen molar-refractivity contribution >= 4 is 27.8 Å². The number of fused-ring (bicyclic) bond motifs is 1. The number of phenols is 1. The van der Waals surface area contributed by atoms with Gasteiger partial charge in [0.2, 0.25) is 5.78 Å². The van der Waals surface area contributed by atoms with Crippen LogP contribution in [0.3, 0.4) is 0 Å². The summed E-state index contributed by atoms with van der Waals surface area (Å²) in [6.45, 7) is 1.73. The van der Waals surface area contributed by atoms with Gasteiger partial charge in [0.15, 0.2) is 5.76 Å². The molecule has 0 unspecified atom stereocenters. The first-order valence-electron chi connectivity index (χ1n) is 6.09. The highest BCUT2D eigenvalue weighted by Gasteiger charge is 2.29. The van der Waals surface area contributed by atoms with E-state index in [2.05, 4.69) is 15.9 Å². The first kappa shape index (κ1) is 12.9. The van der Waals surface area contributed by atoms with Crippen LogP contribution in [0.15, 0.2) is 46.6 Å². The molecule has 0 fully saturated rings. The minimum atomic E-state index is -0.168. The summed E-state index contributed by atoms with van der Waals surface area (Å²) in [5, 5.41) is 9.67. The molecule has 0 saturated carbocycles. The van der Waals surface area contributed by atoms with Gasteiger partial charge in [-0.25, -0.2) is 0 Å². The van der Waals surface area contributed by atoms with Crippen LogP contribution in [0.5, 0.6) is 11.5 Å². The molecule has 2 aromatic rings. The molecule has 0 aromatic heterocycles. The summed E-state index contributed by atoms with van der Waals surface area (Å²) in [6, 6.07) is 10.7. The Morgan fingerprint density at radius 1 is 1.20 bits per heavy atom. The number of carbonyl (C=O) groups excluding carboxylic acids is 1. The van der Waals surface area contributed by atoms with Crippen molar-refractivity contribution in [3.63, 3.8) is 0 Å². The average molecular weight is 331 g/mol. The number of phenolic OH excluding ortho intramolecular Hbond substituents is 1. The lowest BCUT2D eigenvalue weighted by Crippen LogP contribution is -1.98. The van der Waals surface area contributed by atoms with Gasteiger partial charge in [-0.1, -0.05) is 34.1 Å². The van der Waals surface area contributed by atoms with Crippen molar-refractivity contribution in [2.75, 3.05) is 0 Å². The van der Waals surface area contributed by atoms with E-state index in [1.807, 2.05) is 24.3 Å². The Kier molecular flexibility index (Phi) is 3.10. The Hall–Kier alpha value is -2.07. The fraction of sp³-hybridized carbons (Fsp3) is 0.0625. The number of Topliss-reactive ketones (excluding diaryl/α,β-unsaturated/α-hetero) is 1. The van der Waals surface area contributed by atoms with Crippen LogP contribution in [-0.2, 0) is 0 Å². The van der Waals surface area contributed by atoms with Gasteiger partial charge >= 0.3 is 0 Å². The topological polar surface area (TPSA) is 46.5 Å². The molecular weight excluding hydrogens is 320 g/mol. The zero-order valence-electron chi connectivity index (χ0n) is 10.7. The fourth-order valence-corrected chi connectivity index (χ4v) is 2.51. The molecule has 1 aliphatic heterocycles. The Balaban J connectivity index is 2.07. The zero-order chi connectivity index (χ0) is 14.3. The Morgan fingerprint density at radius 3 is 2.70 bits per heavy atom. The van der Waals surface area contributed by atoms with Crippen LogP contribution in [0.2, 0.25) is 0 Å². The molecular formula is C16H11BrO3. The van der Waals surface area contributed by atoms with E-state index >= 15 is 0 Å². The highest BCUT2D eigenvalue weighted by molar-refractivity contribution is 9.10. The van der Waals surface area contributed by atoms with Crippen molar-refractivity contribution in [2.24, 2.45) is 0 Å². The minimum absolute atomic E-state index is 0.124. The fourth-order valence-electron chi connectivity index (χ4n) is 2.11. The maximum absolute atomic E-state index is 12.3. The lowest BCUT2D eigenvalue weighted by atomic mass is 10.1. The first-order chi connectivity index (χ1) is 9.58. The SMILES string of the molecule is Cc1c(O)ccc2c1O/C(=C\c1ccccc1Br)C2=O.